The second-order valence-electron chi connectivity index (χ2n) is 5.07. The zero-order valence-electron chi connectivity index (χ0n) is 12.1. The van der Waals surface area contributed by atoms with Gasteiger partial charge in [-0.05, 0) is 31.2 Å². The van der Waals surface area contributed by atoms with Crippen molar-refractivity contribution >= 4 is 17.1 Å². The second-order valence-corrected chi connectivity index (χ2v) is 5.07. The average Bonchev–Trinajstić information content (AvgIpc) is 2.56. The minimum Gasteiger partial charge on any atom is -0.374 e. The van der Waals surface area contributed by atoms with Gasteiger partial charge in [-0.15, -0.1) is 0 Å². The molecule has 0 saturated heterocycles. The maximum absolute atomic E-state index is 11.7. The van der Waals surface area contributed by atoms with Crippen molar-refractivity contribution < 1.29 is 0 Å². The molecule has 3 aromatic rings. The number of benzene rings is 1. The maximum atomic E-state index is 11.7. The van der Waals surface area contributed by atoms with Crippen LogP contribution in [-0.2, 0) is 6.54 Å². The van der Waals surface area contributed by atoms with E-state index in [0.29, 0.717) is 17.9 Å². The van der Waals surface area contributed by atoms with Crippen molar-refractivity contribution in [1.29, 1.82) is 0 Å². The number of rotatable bonds is 5. The summed E-state index contributed by atoms with van der Waals surface area (Å²) in [6.45, 7) is 2.38. The summed E-state index contributed by atoms with van der Waals surface area (Å²) in [6.07, 6.45) is 1.69. The van der Waals surface area contributed by atoms with Crippen LogP contribution in [0.2, 0.25) is 0 Å². The Morgan fingerprint density at radius 3 is 2.36 bits per heavy atom. The number of aromatic nitrogens is 1. The number of pyridine rings is 1. The molecular formula is C17H15N3O2. The van der Waals surface area contributed by atoms with Crippen LogP contribution >= 0.6 is 0 Å². The van der Waals surface area contributed by atoms with Crippen LogP contribution in [0.15, 0.2) is 58.3 Å². The molecule has 0 radical (unpaired) electrons. The van der Waals surface area contributed by atoms with Crippen LogP contribution < -0.4 is 21.5 Å². The smallest absolute Gasteiger partial charge is 0.253 e. The summed E-state index contributed by atoms with van der Waals surface area (Å²) < 4.78 is 0. The SMILES string of the molecule is Cc1ccc(Nc2c(NCc3ccccn3)c(=O)c2=O)cc1. The Labute approximate surface area is 127 Å². The normalized spacial score (nSPS) is 10.6. The Morgan fingerprint density at radius 2 is 1.68 bits per heavy atom. The van der Waals surface area contributed by atoms with Crippen molar-refractivity contribution in [3.63, 3.8) is 0 Å². The monoisotopic (exact) mass is 293 g/mol. The van der Waals surface area contributed by atoms with Crippen LogP contribution in [0, 0.1) is 6.92 Å². The predicted molar refractivity (Wildman–Crippen MR) is 87.4 cm³/mol. The van der Waals surface area contributed by atoms with Gasteiger partial charge in [-0.25, -0.2) is 0 Å². The quantitative estimate of drug-likeness (QED) is 0.707. The third kappa shape index (κ3) is 2.74. The fourth-order valence-electron chi connectivity index (χ4n) is 2.14. The molecule has 2 N–H and O–H groups in total. The van der Waals surface area contributed by atoms with Gasteiger partial charge in [-0.2, -0.15) is 0 Å². The number of hydrogen-bond donors (Lipinski definition) is 2. The first kappa shape index (κ1) is 14.0. The van der Waals surface area contributed by atoms with E-state index in [4.69, 9.17) is 0 Å². The third-order valence-corrected chi connectivity index (χ3v) is 3.40. The van der Waals surface area contributed by atoms with E-state index in [2.05, 4.69) is 15.6 Å². The van der Waals surface area contributed by atoms with Crippen LogP contribution in [0.5, 0.6) is 0 Å². The van der Waals surface area contributed by atoms with E-state index in [-0.39, 0.29) is 0 Å². The Bertz CT molecular complexity index is 848. The molecule has 2 aromatic carbocycles. The van der Waals surface area contributed by atoms with Gasteiger partial charge in [0.25, 0.3) is 10.9 Å². The summed E-state index contributed by atoms with van der Waals surface area (Å²) in [7, 11) is 0. The molecule has 5 nitrogen and oxygen atoms in total. The molecule has 0 saturated carbocycles. The van der Waals surface area contributed by atoms with Crippen molar-refractivity contribution in [3.05, 3.63) is 80.4 Å². The maximum Gasteiger partial charge on any atom is 0.253 e. The van der Waals surface area contributed by atoms with Crippen LogP contribution in [0.1, 0.15) is 11.3 Å². The lowest BCUT2D eigenvalue weighted by atomic mass is 10.1. The first-order valence-electron chi connectivity index (χ1n) is 6.96. The first-order valence-corrected chi connectivity index (χ1v) is 6.96. The molecule has 0 aliphatic rings. The lowest BCUT2D eigenvalue weighted by molar-refractivity contribution is 1.04. The van der Waals surface area contributed by atoms with E-state index < -0.39 is 10.9 Å². The standard InChI is InChI=1S/C17H15N3O2/c1-11-5-7-12(8-6-11)20-15-14(16(21)17(15)22)19-10-13-4-2-3-9-18-13/h2-9,19-20H,10H2,1H3. The fourth-order valence-corrected chi connectivity index (χ4v) is 2.14. The average molecular weight is 293 g/mol. The van der Waals surface area contributed by atoms with E-state index in [1.54, 1.807) is 6.20 Å². The molecule has 0 unspecified atom stereocenters. The van der Waals surface area contributed by atoms with Gasteiger partial charge in [-0.3, -0.25) is 14.6 Å². The number of hydrogen-bond acceptors (Lipinski definition) is 5. The number of nitrogens with zero attached hydrogens (tertiary/aromatic N) is 1. The minimum atomic E-state index is -0.496. The molecule has 0 fully saturated rings. The van der Waals surface area contributed by atoms with Gasteiger partial charge >= 0.3 is 0 Å². The molecule has 3 rings (SSSR count). The van der Waals surface area contributed by atoms with Gasteiger partial charge in [-0.1, -0.05) is 23.8 Å². The van der Waals surface area contributed by atoms with Gasteiger partial charge in [0.15, 0.2) is 0 Å². The molecule has 0 bridgehead atoms. The summed E-state index contributed by atoms with van der Waals surface area (Å²) in [6, 6.07) is 13.2. The van der Waals surface area contributed by atoms with E-state index in [9.17, 15) is 9.59 Å². The highest BCUT2D eigenvalue weighted by atomic mass is 16.2. The zero-order chi connectivity index (χ0) is 15.5. The summed E-state index contributed by atoms with van der Waals surface area (Å²) >= 11 is 0. The van der Waals surface area contributed by atoms with Gasteiger partial charge in [0.1, 0.15) is 11.4 Å². The van der Waals surface area contributed by atoms with Crippen molar-refractivity contribution in [2.45, 2.75) is 13.5 Å². The number of nitrogens with one attached hydrogen (secondary N) is 2. The van der Waals surface area contributed by atoms with Crippen molar-refractivity contribution in [3.8, 4) is 0 Å². The molecule has 1 aromatic heterocycles. The molecule has 110 valence electrons. The lowest BCUT2D eigenvalue weighted by Gasteiger charge is -2.14. The van der Waals surface area contributed by atoms with E-state index in [1.807, 2.05) is 49.4 Å². The highest BCUT2D eigenvalue weighted by Gasteiger charge is 2.20. The van der Waals surface area contributed by atoms with Gasteiger partial charge in [0.05, 0.1) is 12.2 Å². The summed E-state index contributed by atoms with van der Waals surface area (Å²) in [5.74, 6) is 0. The number of anilines is 3. The molecule has 0 spiro atoms. The molecule has 5 heteroatoms. The lowest BCUT2D eigenvalue weighted by Crippen LogP contribution is -2.36. The zero-order valence-corrected chi connectivity index (χ0v) is 12.1. The molecule has 22 heavy (non-hydrogen) atoms. The molecule has 0 amide bonds. The van der Waals surface area contributed by atoms with Crippen molar-refractivity contribution in [2.24, 2.45) is 0 Å². The van der Waals surface area contributed by atoms with E-state index in [0.717, 1.165) is 16.9 Å². The topological polar surface area (TPSA) is 71.1 Å². The highest BCUT2D eigenvalue weighted by molar-refractivity contribution is 5.78. The highest BCUT2D eigenvalue weighted by Crippen LogP contribution is 2.21. The predicted octanol–water partition coefficient (Wildman–Crippen LogP) is 2.34. The largest absolute Gasteiger partial charge is 0.374 e. The first-order chi connectivity index (χ1) is 10.6. The molecule has 1 heterocycles. The fraction of sp³-hybridized carbons (Fsp3) is 0.118. The van der Waals surface area contributed by atoms with E-state index >= 15 is 0 Å². The van der Waals surface area contributed by atoms with Crippen molar-refractivity contribution in [2.75, 3.05) is 10.6 Å². The summed E-state index contributed by atoms with van der Waals surface area (Å²) in [4.78, 5) is 27.6. The van der Waals surface area contributed by atoms with Gasteiger partial charge in [0, 0.05) is 11.9 Å². The molecule has 0 aliphatic heterocycles. The van der Waals surface area contributed by atoms with Gasteiger partial charge < -0.3 is 10.6 Å². The minimum absolute atomic E-state index is 0.310. The van der Waals surface area contributed by atoms with Crippen molar-refractivity contribution in [1.82, 2.24) is 4.98 Å². The van der Waals surface area contributed by atoms with Crippen LogP contribution in [-0.4, -0.2) is 4.98 Å². The Morgan fingerprint density at radius 1 is 0.955 bits per heavy atom. The van der Waals surface area contributed by atoms with Gasteiger partial charge in [0.2, 0.25) is 0 Å². The van der Waals surface area contributed by atoms with Crippen LogP contribution in [0.3, 0.4) is 0 Å². The Kier molecular flexibility index (Phi) is 3.70. The second kappa shape index (κ2) is 5.81. The summed E-state index contributed by atoms with van der Waals surface area (Å²) in [5, 5.41) is 5.98. The number of aryl methyl sites for hydroxylation is 1. The van der Waals surface area contributed by atoms with E-state index in [1.165, 1.54) is 0 Å². The third-order valence-electron chi connectivity index (χ3n) is 3.40. The Hall–Kier alpha value is -2.95. The van der Waals surface area contributed by atoms with Crippen LogP contribution in [0.25, 0.3) is 0 Å². The van der Waals surface area contributed by atoms with Crippen LogP contribution in [0.4, 0.5) is 17.1 Å². The summed E-state index contributed by atoms with van der Waals surface area (Å²) in [5.41, 5.74) is 2.34. The molecule has 0 atom stereocenters. The molecular weight excluding hydrogens is 278 g/mol. The Balaban J connectivity index is 1.76. The molecule has 0 aliphatic carbocycles.